The Kier molecular flexibility index (Phi) is 3.22. The van der Waals surface area contributed by atoms with Crippen LogP contribution >= 0.6 is 11.6 Å². The first-order valence-electron chi connectivity index (χ1n) is 6.18. The van der Waals surface area contributed by atoms with Crippen molar-refractivity contribution in [2.75, 3.05) is 0 Å². The fraction of sp³-hybridized carbons (Fsp3) is 0.200. The van der Waals surface area contributed by atoms with Crippen molar-refractivity contribution >= 4 is 17.5 Å². The van der Waals surface area contributed by atoms with Crippen LogP contribution in [0.25, 0.3) is 0 Å². The molecule has 0 saturated heterocycles. The Morgan fingerprint density at radius 3 is 2.74 bits per heavy atom. The molecule has 0 aliphatic heterocycles. The standard InChI is InChI=1S/C15H13ClN2O/c16-13-9-11-3-1-2-4-12(11)14(13)18-15(19)10-5-7-17-8-6-10/h1-8,13-14H,9H2,(H,18,19). The zero-order valence-electron chi connectivity index (χ0n) is 10.2. The summed E-state index contributed by atoms with van der Waals surface area (Å²) in [6, 6.07) is 11.3. The number of pyridine rings is 1. The molecule has 1 N–H and O–H groups in total. The van der Waals surface area contributed by atoms with Gasteiger partial charge in [-0.05, 0) is 29.7 Å². The molecule has 2 unspecified atom stereocenters. The molecule has 2 atom stereocenters. The summed E-state index contributed by atoms with van der Waals surface area (Å²) >= 11 is 6.35. The van der Waals surface area contributed by atoms with Crippen molar-refractivity contribution in [2.24, 2.45) is 0 Å². The molecule has 3 rings (SSSR count). The second-order valence-electron chi connectivity index (χ2n) is 4.61. The van der Waals surface area contributed by atoms with Gasteiger partial charge in [0.25, 0.3) is 5.91 Å². The lowest BCUT2D eigenvalue weighted by molar-refractivity contribution is 0.0937. The molecular formula is C15H13ClN2O. The molecule has 0 radical (unpaired) electrons. The number of alkyl halides is 1. The Hall–Kier alpha value is -1.87. The number of benzene rings is 1. The second kappa shape index (κ2) is 5.02. The predicted octanol–water partition coefficient (Wildman–Crippen LogP) is 2.72. The molecule has 2 aromatic rings. The lowest BCUT2D eigenvalue weighted by atomic mass is 10.1. The molecular weight excluding hydrogens is 260 g/mol. The number of carbonyl (C=O) groups is 1. The summed E-state index contributed by atoms with van der Waals surface area (Å²) in [7, 11) is 0. The number of aromatic nitrogens is 1. The number of nitrogens with one attached hydrogen (secondary N) is 1. The van der Waals surface area contributed by atoms with Gasteiger partial charge in [-0.2, -0.15) is 0 Å². The number of fused-ring (bicyclic) bond motifs is 1. The maximum atomic E-state index is 12.2. The van der Waals surface area contributed by atoms with Crippen molar-refractivity contribution in [1.82, 2.24) is 10.3 Å². The van der Waals surface area contributed by atoms with Crippen LogP contribution in [0.5, 0.6) is 0 Å². The van der Waals surface area contributed by atoms with E-state index in [0.717, 1.165) is 12.0 Å². The average Bonchev–Trinajstić information content (AvgIpc) is 2.76. The predicted molar refractivity (Wildman–Crippen MR) is 74.2 cm³/mol. The number of amides is 1. The maximum Gasteiger partial charge on any atom is 0.251 e. The minimum Gasteiger partial charge on any atom is -0.344 e. The third-order valence-corrected chi connectivity index (χ3v) is 3.80. The average molecular weight is 273 g/mol. The molecule has 4 heteroatoms. The van der Waals surface area contributed by atoms with Crippen LogP contribution in [0.1, 0.15) is 27.5 Å². The number of hydrogen-bond acceptors (Lipinski definition) is 2. The van der Waals surface area contributed by atoms with Gasteiger partial charge in [0.15, 0.2) is 0 Å². The summed E-state index contributed by atoms with van der Waals surface area (Å²) in [6.07, 6.45) is 4.00. The normalized spacial score (nSPS) is 20.9. The third kappa shape index (κ3) is 2.34. The monoisotopic (exact) mass is 272 g/mol. The van der Waals surface area contributed by atoms with Crippen LogP contribution in [0.2, 0.25) is 0 Å². The zero-order chi connectivity index (χ0) is 13.2. The van der Waals surface area contributed by atoms with Crippen LogP contribution in [0, 0.1) is 0 Å². The number of halogens is 1. The summed E-state index contributed by atoms with van der Waals surface area (Å²) < 4.78 is 0. The third-order valence-electron chi connectivity index (χ3n) is 3.40. The molecule has 19 heavy (non-hydrogen) atoms. The lowest BCUT2D eigenvalue weighted by Gasteiger charge is -2.17. The minimum atomic E-state index is -0.126. The van der Waals surface area contributed by atoms with E-state index in [2.05, 4.69) is 16.4 Å². The van der Waals surface area contributed by atoms with Crippen molar-refractivity contribution in [2.45, 2.75) is 17.8 Å². The van der Waals surface area contributed by atoms with E-state index < -0.39 is 0 Å². The summed E-state index contributed by atoms with van der Waals surface area (Å²) in [6.45, 7) is 0. The van der Waals surface area contributed by atoms with E-state index in [9.17, 15) is 4.79 Å². The Balaban J connectivity index is 1.82. The Bertz CT molecular complexity index is 600. The first-order valence-corrected chi connectivity index (χ1v) is 6.62. The fourth-order valence-corrected chi connectivity index (χ4v) is 2.81. The van der Waals surface area contributed by atoms with Crippen LogP contribution in [0.4, 0.5) is 0 Å². The lowest BCUT2D eigenvalue weighted by Crippen LogP contribution is -2.31. The van der Waals surface area contributed by atoms with Crippen molar-refractivity contribution in [3.8, 4) is 0 Å². The van der Waals surface area contributed by atoms with E-state index in [1.165, 1.54) is 5.56 Å². The molecule has 0 spiro atoms. The van der Waals surface area contributed by atoms with Gasteiger partial charge in [0.05, 0.1) is 11.4 Å². The molecule has 96 valence electrons. The van der Waals surface area contributed by atoms with Crippen LogP contribution in [-0.2, 0) is 6.42 Å². The van der Waals surface area contributed by atoms with Crippen LogP contribution in [0.15, 0.2) is 48.8 Å². The first kappa shape index (κ1) is 12.2. The van der Waals surface area contributed by atoms with Crippen LogP contribution < -0.4 is 5.32 Å². The van der Waals surface area contributed by atoms with E-state index in [0.29, 0.717) is 5.56 Å². The number of rotatable bonds is 2. The highest BCUT2D eigenvalue weighted by Crippen LogP contribution is 2.34. The van der Waals surface area contributed by atoms with Gasteiger partial charge in [0, 0.05) is 18.0 Å². The van der Waals surface area contributed by atoms with E-state index >= 15 is 0 Å². The number of nitrogens with zero attached hydrogens (tertiary/aromatic N) is 1. The highest BCUT2D eigenvalue weighted by Gasteiger charge is 2.31. The first-order chi connectivity index (χ1) is 9.25. The Labute approximate surface area is 116 Å². The molecule has 0 fully saturated rings. The molecule has 1 aromatic heterocycles. The van der Waals surface area contributed by atoms with E-state index in [1.54, 1.807) is 24.5 Å². The van der Waals surface area contributed by atoms with Gasteiger partial charge in [-0.3, -0.25) is 9.78 Å². The van der Waals surface area contributed by atoms with Gasteiger partial charge < -0.3 is 5.32 Å². The van der Waals surface area contributed by atoms with Gasteiger partial charge in [0.1, 0.15) is 0 Å². The summed E-state index contributed by atoms with van der Waals surface area (Å²) in [5.41, 5.74) is 2.93. The molecule has 0 saturated carbocycles. The fourth-order valence-electron chi connectivity index (χ4n) is 2.44. The SMILES string of the molecule is O=C(NC1c2ccccc2CC1Cl)c1ccncc1. The van der Waals surface area contributed by atoms with Gasteiger partial charge in [-0.1, -0.05) is 24.3 Å². The Morgan fingerprint density at radius 2 is 1.95 bits per heavy atom. The van der Waals surface area contributed by atoms with E-state index in [1.807, 2.05) is 18.2 Å². The molecule has 1 aromatic carbocycles. The molecule has 1 amide bonds. The van der Waals surface area contributed by atoms with Gasteiger partial charge >= 0.3 is 0 Å². The quantitative estimate of drug-likeness (QED) is 0.854. The molecule has 3 nitrogen and oxygen atoms in total. The largest absolute Gasteiger partial charge is 0.344 e. The minimum absolute atomic E-state index is 0.0943. The van der Waals surface area contributed by atoms with Gasteiger partial charge in [-0.15, -0.1) is 11.6 Å². The van der Waals surface area contributed by atoms with Crippen molar-refractivity contribution in [1.29, 1.82) is 0 Å². The van der Waals surface area contributed by atoms with Gasteiger partial charge in [0.2, 0.25) is 0 Å². The molecule has 1 aliphatic carbocycles. The number of hydrogen-bond donors (Lipinski definition) is 1. The van der Waals surface area contributed by atoms with E-state index in [-0.39, 0.29) is 17.3 Å². The summed E-state index contributed by atoms with van der Waals surface area (Å²) in [4.78, 5) is 16.1. The number of carbonyl (C=O) groups excluding carboxylic acids is 1. The Morgan fingerprint density at radius 1 is 1.21 bits per heavy atom. The molecule has 1 aliphatic rings. The topological polar surface area (TPSA) is 42.0 Å². The smallest absolute Gasteiger partial charge is 0.251 e. The van der Waals surface area contributed by atoms with Crippen molar-refractivity contribution in [3.05, 3.63) is 65.5 Å². The van der Waals surface area contributed by atoms with E-state index in [4.69, 9.17) is 11.6 Å². The summed E-state index contributed by atoms with van der Waals surface area (Å²) in [5, 5.41) is 2.91. The second-order valence-corrected chi connectivity index (χ2v) is 5.17. The van der Waals surface area contributed by atoms with Crippen molar-refractivity contribution < 1.29 is 4.79 Å². The molecule has 0 bridgehead atoms. The zero-order valence-corrected chi connectivity index (χ0v) is 11.0. The van der Waals surface area contributed by atoms with Gasteiger partial charge in [-0.25, -0.2) is 0 Å². The van der Waals surface area contributed by atoms with Crippen molar-refractivity contribution in [3.63, 3.8) is 0 Å². The molecule has 1 heterocycles. The highest BCUT2D eigenvalue weighted by atomic mass is 35.5. The maximum absolute atomic E-state index is 12.2. The van der Waals surface area contributed by atoms with Crippen LogP contribution in [0.3, 0.4) is 0 Å². The summed E-state index contributed by atoms with van der Waals surface area (Å²) in [5.74, 6) is -0.116. The van der Waals surface area contributed by atoms with Crippen LogP contribution in [-0.4, -0.2) is 16.3 Å². The highest BCUT2D eigenvalue weighted by molar-refractivity contribution is 6.21.